The van der Waals surface area contributed by atoms with Gasteiger partial charge in [-0.1, -0.05) is 18.2 Å². The minimum Gasteiger partial charge on any atom is -0.398 e. The number of aliphatic hydroxyl groups is 1. The van der Waals surface area contributed by atoms with E-state index in [0.29, 0.717) is 25.1 Å². The number of aliphatic hydroxyl groups excluding tert-OH is 1. The number of anilines is 1. The molecule has 2 atom stereocenters. The van der Waals surface area contributed by atoms with Crippen molar-refractivity contribution in [2.45, 2.75) is 31.9 Å². The number of carbonyl (C=O) groups excluding carboxylic acids is 1. The van der Waals surface area contributed by atoms with E-state index in [1.807, 2.05) is 25.1 Å². The van der Waals surface area contributed by atoms with Gasteiger partial charge in [-0.05, 0) is 19.4 Å². The molecule has 1 amide bonds. The zero-order valence-corrected chi connectivity index (χ0v) is 9.97. The van der Waals surface area contributed by atoms with Crippen LogP contribution in [0.1, 0.15) is 31.4 Å². The molecule has 0 spiro atoms. The number of rotatable bonds is 2. The topological polar surface area (TPSA) is 66.6 Å². The van der Waals surface area contributed by atoms with Gasteiger partial charge >= 0.3 is 0 Å². The molecule has 1 aliphatic rings. The molecule has 2 unspecified atom stereocenters. The summed E-state index contributed by atoms with van der Waals surface area (Å²) >= 11 is 0. The van der Waals surface area contributed by atoms with Gasteiger partial charge in [-0.25, -0.2) is 0 Å². The molecule has 0 aliphatic carbocycles. The first kappa shape index (κ1) is 11.9. The number of para-hydroxylation sites is 1. The molecule has 1 aromatic rings. The maximum Gasteiger partial charge on any atom is 0.223 e. The minimum absolute atomic E-state index is 0.0889. The molecule has 4 nitrogen and oxygen atoms in total. The summed E-state index contributed by atoms with van der Waals surface area (Å²) in [6.45, 7) is 2.51. The highest BCUT2D eigenvalue weighted by Gasteiger charge is 2.35. The standard InChI is InChI=1S/C13H18N2O2/c1-2-15-12(17)8-7-11(16)13(15)9-5-3-4-6-10(9)14/h3-6,11,13,16H,2,7-8,14H2,1H3. The number of nitrogen functional groups attached to an aromatic ring is 1. The first-order chi connectivity index (χ1) is 8.15. The van der Waals surface area contributed by atoms with Crippen LogP contribution in [0.15, 0.2) is 24.3 Å². The first-order valence-corrected chi connectivity index (χ1v) is 5.97. The van der Waals surface area contributed by atoms with Crippen molar-refractivity contribution >= 4 is 11.6 Å². The van der Waals surface area contributed by atoms with Crippen LogP contribution in [0.3, 0.4) is 0 Å². The van der Waals surface area contributed by atoms with Crippen LogP contribution < -0.4 is 5.73 Å². The number of hydrogen-bond donors (Lipinski definition) is 2. The van der Waals surface area contributed by atoms with Crippen molar-refractivity contribution in [1.82, 2.24) is 4.90 Å². The van der Waals surface area contributed by atoms with Crippen molar-refractivity contribution in [1.29, 1.82) is 0 Å². The molecule has 0 saturated carbocycles. The summed E-state index contributed by atoms with van der Waals surface area (Å²) in [6, 6.07) is 7.11. The SMILES string of the molecule is CCN1C(=O)CCC(O)C1c1ccccc1N. The lowest BCUT2D eigenvalue weighted by molar-refractivity contribution is -0.141. The molecule has 1 aliphatic heterocycles. The predicted octanol–water partition coefficient (Wildman–Crippen LogP) is 1.31. The van der Waals surface area contributed by atoms with Gasteiger partial charge in [-0.2, -0.15) is 0 Å². The number of likely N-dealkylation sites (tertiary alicyclic amines) is 1. The zero-order valence-electron chi connectivity index (χ0n) is 9.97. The third-order valence-corrected chi connectivity index (χ3v) is 3.33. The monoisotopic (exact) mass is 234 g/mol. The van der Waals surface area contributed by atoms with E-state index in [0.717, 1.165) is 5.56 Å². The Morgan fingerprint density at radius 2 is 2.18 bits per heavy atom. The van der Waals surface area contributed by atoms with Gasteiger partial charge in [-0.15, -0.1) is 0 Å². The van der Waals surface area contributed by atoms with Gasteiger partial charge in [0.25, 0.3) is 0 Å². The maximum atomic E-state index is 11.8. The number of benzene rings is 1. The van der Waals surface area contributed by atoms with Gasteiger partial charge in [0.15, 0.2) is 0 Å². The van der Waals surface area contributed by atoms with Crippen LogP contribution in [0, 0.1) is 0 Å². The molecular formula is C13H18N2O2. The van der Waals surface area contributed by atoms with Gasteiger partial charge in [-0.3, -0.25) is 4.79 Å². The number of nitrogens with two attached hydrogens (primary N) is 1. The normalized spacial score (nSPS) is 25.1. The Morgan fingerprint density at radius 3 is 2.82 bits per heavy atom. The van der Waals surface area contributed by atoms with Crippen molar-refractivity contribution in [3.8, 4) is 0 Å². The minimum atomic E-state index is -0.530. The number of amides is 1. The second-order valence-electron chi connectivity index (χ2n) is 4.36. The van der Waals surface area contributed by atoms with Crippen LogP contribution in [0.5, 0.6) is 0 Å². The average Bonchev–Trinajstić information content (AvgIpc) is 2.33. The van der Waals surface area contributed by atoms with E-state index < -0.39 is 6.10 Å². The lowest BCUT2D eigenvalue weighted by Gasteiger charge is -2.39. The van der Waals surface area contributed by atoms with E-state index in [-0.39, 0.29) is 11.9 Å². The van der Waals surface area contributed by atoms with Crippen LogP contribution in [0.2, 0.25) is 0 Å². The van der Waals surface area contributed by atoms with E-state index in [2.05, 4.69) is 0 Å². The van der Waals surface area contributed by atoms with Crippen molar-refractivity contribution in [2.24, 2.45) is 0 Å². The molecule has 1 fully saturated rings. The van der Waals surface area contributed by atoms with Crippen LogP contribution in [-0.4, -0.2) is 28.6 Å². The zero-order chi connectivity index (χ0) is 12.4. The molecule has 1 aromatic carbocycles. The Morgan fingerprint density at radius 1 is 1.47 bits per heavy atom. The maximum absolute atomic E-state index is 11.8. The highest BCUT2D eigenvalue weighted by atomic mass is 16.3. The van der Waals surface area contributed by atoms with Gasteiger partial charge in [0.1, 0.15) is 0 Å². The predicted molar refractivity (Wildman–Crippen MR) is 66.2 cm³/mol. The molecule has 2 rings (SSSR count). The molecule has 3 N–H and O–H groups in total. The molecular weight excluding hydrogens is 216 g/mol. The van der Waals surface area contributed by atoms with Crippen molar-refractivity contribution in [3.63, 3.8) is 0 Å². The third kappa shape index (κ3) is 2.13. The molecule has 1 saturated heterocycles. The fraction of sp³-hybridized carbons (Fsp3) is 0.462. The summed E-state index contributed by atoms with van der Waals surface area (Å²) in [7, 11) is 0. The summed E-state index contributed by atoms with van der Waals surface area (Å²) in [5.74, 6) is 0.0889. The van der Waals surface area contributed by atoms with Crippen molar-refractivity contribution in [3.05, 3.63) is 29.8 Å². The lowest BCUT2D eigenvalue weighted by Crippen LogP contribution is -2.45. The summed E-state index contributed by atoms with van der Waals surface area (Å²) in [5.41, 5.74) is 7.40. The van der Waals surface area contributed by atoms with Gasteiger partial charge in [0, 0.05) is 24.2 Å². The largest absolute Gasteiger partial charge is 0.398 e. The number of carbonyl (C=O) groups is 1. The van der Waals surface area contributed by atoms with Crippen LogP contribution in [0.25, 0.3) is 0 Å². The Hall–Kier alpha value is -1.55. The van der Waals surface area contributed by atoms with E-state index in [4.69, 9.17) is 5.73 Å². The quantitative estimate of drug-likeness (QED) is 0.758. The van der Waals surface area contributed by atoms with E-state index in [1.54, 1.807) is 11.0 Å². The molecule has 4 heteroatoms. The average molecular weight is 234 g/mol. The van der Waals surface area contributed by atoms with Gasteiger partial charge in [0.2, 0.25) is 5.91 Å². The Balaban J connectivity index is 2.39. The van der Waals surface area contributed by atoms with Gasteiger partial charge in [0.05, 0.1) is 12.1 Å². The number of hydrogen-bond acceptors (Lipinski definition) is 3. The lowest BCUT2D eigenvalue weighted by atomic mass is 9.91. The molecule has 92 valence electrons. The number of piperidine rings is 1. The van der Waals surface area contributed by atoms with E-state index in [9.17, 15) is 9.90 Å². The van der Waals surface area contributed by atoms with E-state index in [1.165, 1.54) is 0 Å². The third-order valence-electron chi connectivity index (χ3n) is 3.33. The molecule has 1 heterocycles. The summed E-state index contributed by atoms with van der Waals surface area (Å²) < 4.78 is 0. The van der Waals surface area contributed by atoms with Crippen LogP contribution in [0.4, 0.5) is 5.69 Å². The fourth-order valence-corrected chi connectivity index (χ4v) is 2.46. The van der Waals surface area contributed by atoms with Crippen LogP contribution >= 0.6 is 0 Å². The van der Waals surface area contributed by atoms with Crippen molar-refractivity contribution in [2.75, 3.05) is 12.3 Å². The Bertz CT molecular complexity index is 420. The fourth-order valence-electron chi connectivity index (χ4n) is 2.46. The van der Waals surface area contributed by atoms with E-state index >= 15 is 0 Å². The highest BCUT2D eigenvalue weighted by molar-refractivity contribution is 5.78. The summed E-state index contributed by atoms with van der Waals surface area (Å²) in [6.07, 6.45) is 0.393. The molecule has 0 bridgehead atoms. The number of likely N-dealkylation sites (N-methyl/N-ethyl adjacent to an activating group) is 1. The van der Waals surface area contributed by atoms with Crippen LogP contribution in [-0.2, 0) is 4.79 Å². The Labute approximate surface area is 101 Å². The smallest absolute Gasteiger partial charge is 0.223 e. The number of nitrogens with zero attached hydrogens (tertiary/aromatic N) is 1. The summed E-state index contributed by atoms with van der Waals surface area (Å²) in [4.78, 5) is 13.5. The molecule has 0 radical (unpaired) electrons. The molecule has 17 heavy (non-hydrogen) atoms. The second-order valence-corrected chi connectivity index (χ2v) is 4.36. The Kier molecular flexibility index (Phi) is 3.33. The molecule has 0 aromatic heterocycles. The van der Waals surface area contributed by atoms with Crippen molar-refractivity contribution < 1.29 is 9.90 Å². The highest BCUT2D eigenvalue weighted by Crippen LogP contribution is 2.34. The second kappa shape index (κ2) is 4.75. The summed E-state index contributed by atoms with van der Waals surface area (Å²) in [5, 5.41) is 10.1. The first-order valence-electron chi connectivity index (χ1n) is 5.97. The van der Waals surface area contributed by atoms with Gasteiger partial charge < -0.3 is 15.7 Å².